The van der Waals surface area contributed by atoms with E-state index in [1.807, 2.05) is 6.07 Å². The molecule has 0 unspecified atom stereocenters. The monoisotopic (exact) mass is 279 g/mol. The lowest BCUT2D eigenvalue weighted by Gasteiger charge is -2.02. The second-order valence-corrected chi connectivity index (χ2v) is 6.83. The number of nitriles is 1. The zero-order chi connectivity index (χ0) is 14.3. The van der Waals surface area contributed by atoms with Gasteiger partial charge in [-0.2, -0.15) is 5.26 Å². The highest BCUT2D eigenvalue weighted by Crippen LogP contribution is 2.61. The van der Waals surface area contributed by atoms with E-state index in [4.69, 9.17) is 10.00 Å². The Morgan fingerprint density at radius 1 is 1.37 bits per heavy atom. The molecule has 1 fully saturated rings. The summed E-state index contributed by atoms with van der Waals surface area (Å²) < 4.78 is 28.4. The molecule has 1 aliphatic rings. The number of aldehydes is 1. The van der Waals surface area contributed by atoms with Crippen molar-refractivity contribution in [3.05, 3.63) is 29.8 Å². The van der Waals surface area contributed by atoms with Crippen LogP contribution in [0, 0.1) is 16.7 Å². The summed E-state index contributed by atoms with van der Waals surface area (Å²) >= 11 is 0. The SMILES string of the molecule is COc1ccc([C@H]2[C@H](S(C)(=O)=O)[C@@]2(C#N)C=O)cc1. The van der Waals surface area contributed by atoms with Gasteiger partial charge >= 0.3 is 0 Å². The molecule has 5 nitrogen and oxygen atoms in total. The Morgan fingerprint density at radius 2 is 1.95 bits per heavy atom. The minimum absolute atomic E-state index is 0.452. The summed E-state index contributed by atoms with van der Waals surface area (Å²) in [6.45, 7) is 0. The molecule has 0 saturated heterocycles. The number of ether oxygens (including phenoxy) is 1. The van der Waals surface area contributed by atoms with Crippen LogP contribution >= 0.6 is 0 Å². The largest absolute Gasteiger partial charge is 0.497 e. The molecule has 1 aromatic carbocycles. The third-order valence-electron chi connectivity index (χ3n) is 3.50. The highest BCUT2D eigenvalue weighted by Gasteiger charge is 2.71. The van der Waals surface area contributed by atoms with Crippen LogP contribution in [0.2, 0.25) is 0 Å². The maximum absolute atomic E-state index is 11.7. The Morgan fingerprint density at radius 3 is 2.26 bits per heavy atom. The minimum Gasteiger partial charge on any atom is -0.497 e. The lowest BCUT2D eigenvalue weighted by molar-refractivity contribution is -0.110. The maximum atomic E-state index is 11.7. The summed E-state index contributed by atoms with van der Waals surface area (Å²) in [6.07, 6.45) is 1.50. The molecule has 0 N–H and O–H groups in total. The Labute approximate surface area is 111 Å². The van der Waals surface area contributed by atoms with Gasteiger partial charge in [-0.05, 0) is 17.7 Å². The standard InChI is InChI=1S/C13H13NO4S/c1-18-10-5-3-9(4-6-10)11-12(19(2,16)17)13(11,7-14)8-15/h3-6,8,11-12H,1-2H3/t11-,12-,13-/m0/s1. The predicted molar refractivity (Wildman–Crippen MR) is 68.5 cm³/mol. The average molecular weight is 279 g/mol. The molecule has 100 valence electrons. The fraction of sp³-hybridized carbons (Fsp3) is 0.385. The van der Waals surface area contributed by atoms with Crippen molar-refractivity contribution < 1.29 is 17.9 Å². The number of carbonyl (C=O) groups is 1. The van der Waals surface area contributed by atoms with Gasteiger partial charge in [-0.25, -0.2) is 8.42 Å². The molecule has 0 radical (unpaired) electrons. The van der Waals surface area contributed by atoms with Crippen molar-refractivity contribution in [3.8, 4) is 11.8 Å². The molecular formula is C13H13NO4S. The summed E-state index contributed by atoms with van der Waals surface area (Å²) in [6, 6.07) is 8.59. The smallest absolute Gasteiger partial charge is 0.153 e. The van der Waals surface area contributed by atoms with E-state index in [9.17, 15) is 13.2 Å². The van der Waals surface area contributed by atoms with Crippen molar-refractivity contribution in [1.29, 1.82) is 5.26 Å². The maximum Gasteiger partial charge on any atom is 0.153 e. The van der Waals surface area contributed by atoms with E-state index in [-0.39, 0.29) is 0 Å². The topological polar surface area (TPSA) is 84.2 Å². The van der Waals surface area contributed by atoms with Gasteiger partial charge in [0.15, 0.2) is 9.84 Å². The van der Waals surface area contributed by atoms with Crippen LogP contribution in [-0.4, -0.2) is 33.3 Å². The lowest BCUT2D eigenvalue weighted by Crippen LogP contribution is -2.14. The Kier molecular flexibility index (Phi) is 3.11. The first kappa shape index (κ1) is 13.6. The van der Waals surface area contributed by atoms with Gasteiger partial charge in [0.2, 0.25) is 0 Å². The molecule has 0 bridgehead atoms. The molecule has 0 amide bonds. The Balaban J connectivity index is 2.44. The summed E-state index contributed by atoms with van der Waals surface area (Å²) in [7, 11) is -1.94. The molecule has 0 aliphatic heterocycles. The average Bonchev–Trinajstić information content (AvgIpc) is 3.09. The zero-order valence-corrected chi connectivity index (χ0v) is 11.3. The van der Waals surface area contributed by atoms with E-state index >= 15 is 0 Å². The summed E-state index contributed by atoms with van der Waals surface area (Å²) in [4.78, 5) is 11.2. The second-order valence-electron chi connectivity index (χ2n) is 4.66. The minimum atomic E-state index is -3.46. The highest BCUT2D eigenvalue weighted by molar-refractivity contribution is 7.91. The molecule has 3 atom stereocenters. The summed E-state index contributed by atoms with van der Waals surface area (Å²) in [5.41, 5.74) is -0.799. The highest BCUT2D eigenvalue weighted by atomic mass is 32.2. The number of sulfone groups is 1. The first-order valence-corrected chi connectivity index (χ1v) is 7.56. The fourth-order valence-electron chi connectivity index (χ4n) is 2.54. The van der Waals surface area contributed by atoms with Crippen LogP contribution in [0.3, 0.4) is 0 Å². The third kappa shape index (κ3) is 2.00. The van der Waals surface area contributed by atoms with E-state index < -0.39 is 26.4 Å². The number of carbonyl (C=O) groups excluding carboxylic acids is 1. The molecular weight excluding hydrogens is 266 g/mol. The molecule has 19 heavy (non-hydrogen) atoms. The number of rotatable bonds is 4. The third-order valence-corrected chi connectivity index (χ3v) is 5.09. The molecule has 0 heterocycles. The van der Waals surface area contributed by atoms with Gasteiger partial charge in [-0.1, -0.05) is 12.1 Å². The van der Waals surface area contributed by atoms with E-state index in [1.165, 1.54) is 7.11 Å². The molecule has 2 rings (SSSR count). The number of hydrogen-bond acceptors (Lipinski definition) is 5. The molecule has 0 aromatic heterocycles. The van der Waals surface area contributed by atoms with Crippen molar-refractivity contribution in [1.82, 2.24) is 0 Å². The number of hydrogen-bond donors (Lipinski definition) is 0. The first-order valence-electron chi connectivity index (χ1n) is 5.61. The summed E-state index contributed by atoms with van der Waals surface area (Å²) in [5, 5.41) is 8.19. The molecule has 0 spiro atoms. The lowest BCUT2D eigenvalue weighted by atomic mass is 10.0. The van der Waals surface area contributed by atoms with Crippen molar-refractivity contribution in [2.75, 3.05) is 13.4 Å². The molecule has 6 heteroatoms. The van der Waals surface area contributed by atoms with E-state index in [1.54, 1.807) is 24.3 Å². The van der Waals surface area contributed by atoms with Crippen molar-refractivity contribution in [2.45, 2.75) is 11.2 Å². The van der Waals surface area contributed by atoms with E-state index in [0.717, 1.165) is 6.26 Å². The predicted octanol–water partition coefficient (Wildman–Crippen LogP) is 0.914. The van der Waals surface area contributed by atoms with Gasteiger partial charge in [0, 0.05) is 12.2 Å². The van der Waals surface area contributed by atoms with Crippen LogP contribution in [0.5, 0.6) is 5.75 Å². The quantitative estimate of drug-likeness (QED) is 0.765. The van der Waals surface area contributed by atoms with Crippen LogP contribution < -0.4 is 4.74 Å². The van der Waals surface area contributed by atoms with Gasteiger partial charge in [-0.3, -0.25) is 0 Å². The molecule has 1 aliphatic carbocycles. The van der Waals surface area contributed by atoms with Gasteiger partial charge in [0.05, 0.1) is 18.4 Å². The van der Waals surface area contributed by atoms with Crippen LogP contribution in [0.1, 0.15) is 11.5 Å². The van der Waals surface area contributed by atoms with E-state index in [2.05, 4.69) is 0 Å². The van der Waals surface area contributed by atoms with Crippen LogP contribution in [0.4, 0.5) is 0 Å². The van der Waals surface area contributed by atoms with Gasteiger partial charge < -0.3 is 9.53 Å². The Hall–Kier alpha value is -1.87. The van der Waals surface area contributed by atoms with Crippen molar-refractivity contribution in [2.24, 2.45) is 5.41 Å². The number of benzene rings is 1. The first-order chi connectivity index (χ1) is 8.90. The zero-order valence-electron chi connectivity index (χ0n) is 10.5. The Bertz CT molecular complexity index is 644. The van der Waals surface area contributed by atoms with Gasteiger partial charge in [0.1, 0.15) is 17.5 Å². The van der Waals surface area contributed by atoms with Crippen LogP contribution in [0.25, 0.3) is 0 Å². The number of nitrogens with zero attached hydrogens (tertiary/aromatic N) is 1. The van der Waals surface area contributed by atoms with Crippen molar-refractivity contribution in [3.63, 3.8) is 0 Å². The van der Waals surface area contributed by atoms with Gasteiger partial charge in [0.25, 0.3) is 0 Å². The fourth-order valence-corrected chi connectivity index (χ4v) is 4.30. The van der Waals surface area contributed by atoms with Crippen molar-refractivity contribution >= 4 is 16.1 Å². The molecule has 1 aromatic rings. The molecule has 1 saturated carbocycles. The van der Waals surface area contributed by atoms with Gasteiger partial charge in [-0.15, -0.1) is 0 Å². The normalized spacial score (nSPS) is 29.3. The number of methoxy groups -OCH3 is 1. The summed E-state index contributed by atoms with van der Waals surface area (Å²) in [5.74, 6) is 0.0323. The van der Waals surface area contributed by atoms with E-state index in [0.29, 0.717) is 17.6 Å². The van der Waals surface area contributed by atoms with Crippen LogP contribution in [-0.2, 0) is 14.6 Å². The second kappa shape index (κ2) is 4.35. The van der Waals surface area contributed by atoms with Crippen LogP contribution in [0.15, 0.2) is 24.3 Å².